The highest BCUT2D eigenvalue weighted by molar-refractivity contribution is 5.74. The minimum absolute atomic E-state index is 0.0790. The maximum Gasteiger partial charge on any atom is 0.341 e. The second-order valence-electron chi connectivity index (χ2n) is 8.60. The standard InChI is InChI=1S/C25H39FN2O3/c1-20(21-14-8-7-9-15-21)31-24(29)23(26)18-12-5-6-13-19-27-25(30)28-22-16-10-3-2-4-11-17-22/h7-9,14-15,20,22-23H,2-6,10-13,16-19H2,1H3,(H2,27,28,30)/t20-,23+/m0/s1. The molecule has 6 heteroatoms. The van der Waals surface area contributed by atoms with Gasteiger partial charge in [-0.25, -0.2) is 14.0 Å². The summed E-state index contributed by atoms with van der Waals surface area (Å²) >= 11 is 0. The van der Waals surface area contributed by atoms with E-state index in [0.717, 1.165) is 37.7 Å². The zero-order valence-electron chi connectivity index (χ0n) is 18.9. The molecule has 1 aliphatic rings. The van der Waals surface area contributed by atoms with Crippen LogP contribution in [-0.2, 0) is 9.53 Å². The number of ether oxygens (including phenoxy) is 1. The summed E-state index contributed by atoms with van der Waals surface area (Å²) in [6.07, 6.45) is 9.73. The molecule has 0 aromatic heterocycles. The van der Waals surface area contributed by atoms with Gasteiger partial charge >= 0.3 is 12.0 Å². The third-order valence-electron chi connectivity index (χ3n) is 5.93. The Labute approximate surface area is 186 Å². The molecule has 1 saturated carbocycles. The Balaban J connectivity index is 1.48. The molecule has 2 N–H and O–H groups in total. The highest BCUT2D eigenvalue weighted by Crippen LogP contribution is 2.19. The Morgan fingerprint density at radius 1 is 1.00 bits per heavy atom. The fourth-order valence-corrected chi connectivity index (χ4v) is 4.00. The number of hydrogen-bond donors (Lipinski definition) is 2. The van der Waals surface area contributed by atoms with Crippen LogP contribution < -0.4 is 10.6 Å². The molecule has 2 amide bonds. The summed E-state index contributed by atoms with van der Waals surface area (Å²) in [5.41, 5.74) is 0.856. The summed E-state index contributed by atoms with van der Waals surface area (Å²) in [5.74, 6) is -0.788. The molecule has 0 heterocycles. The number of esters is 1. The number of amides is 2. The lowest BCUT2D eigenvalue weighted by atomic mass is 9.97. The molecule has 1 aliphatic carbocycles. The Kier molecular flexibility index (Phi) is 12.0. The molecule has 0 unspecified atom stereocenters. The second-order valence-corrected chi connectivity index (χ2v) is 8.60. The predicted octanol–water partition coefficient (Wildman–Crippen LogP) is 5.99. The first kappa shape index (κ1) is 25.2. The van der Waals surface area contributed by atoms with Gasteiger partial charge in [0, 0.05) is 12.6 Å². The van der Waals surface area contributed by atoms with Crippen molar-refractivity contribution < 1.29 is 18.7 Å². The number of rotatable bonds is 11. The second kappa shape index (κ2) is 14.8. The largest absolute Gasteiger partial charge is 0.456 e. The Bertz CT molecular complexity index is 633. The van der Waals surface area contributed by atoms with Gasteiger partial charge in [-0.1, -0.05) is 75.3 Å². The van der Waals surface area contributed by atoms with E-state index in [4.69, 9.17) is 4.74 Å². The van der Waals surface area contributed by atoms with Gasteiger partial charge in [-0.2, -0.15) is 0 Å². The SMILES string of the molecule is C[C@H](OC(=O)[C@H](F)CCCCCCNC(=O)NC1CCCCCCC1)c1ccccc1. The lowest BCUT2D eigenvalue weighted by Crippen LogP contribution is -2.42. The number of benzene rings is 1. The van der Waals surface area contributed by atoms with Crippen molar-refractivity contribution >= 4 is 12.0 Å². The summed E-state index contributed by atoms with van der Waals surface area (Å²) < 4.78 is 19.3. The van der Waals surface area contributed by atoms with Crippen molar-refractivity contribution in [3.8, 4) is 0 Å². The van der Waals surface area contributed by atoms with Crippen LogP contribution in [0.15, 0.2) is 30.3 Å². The zero-order valence-corrected chi connectivity index (χ0v) is 18.9. The first-order valence-corrected chi connectivity index (χ1v) is 12.0. The van der Waals surface area contributed by atoms with Crippen LogP contribution in [-0.4, -0.2) is 30.8 Å². The summed E-state index contributed by atoms with van der Waals surface area (Å²) in [5, 5.41) is 6.02. The van der Waals surface area contributed by atoms with E-state index in [1.54, 1.807) is 6.92 Å². The molecule has 1 fully saturated rings. The van der Waals surface area contributed by atoms with E-state index < -0.39 is 18.2 Å². The molecule has 0 spiro atoms. The van der Waals surface area contributed by atoms with Crippen LogP contribution in [0.2, 0.25) is 0 Å². The highest BCUT2D eigenvalue weighted by Gasteiger charge is 2.21. The van der Waals surface area contributed by atoms with E-state index in [-0.39, 0.29) is 12.5 Å². The van der Waals surface area contributed by atoms with Crippen LogP contribution in [0.3, 0.4) is 0 Å². The lowest BCUT2D eigenvalue weighted by Gasteiger charge is -2.21. The molecular formula is C25H39FN2O3. The molecular weight excluding hydrogens is 395 g/mol. The topological polar surface area (TPSA) is 67.4 Å². The molecule has 174 valence electrons. The van der Waals surface area contributed by atoms with Gasteiger partial charge < -0.3 is 15.4 Å². The monoisotopic (exact) mass is 434 g/mol. The minimum Gasteiger partial charge on any atom is -0.456 e. The number of halogens is 1. The van der Waals surface area contributed by atoms with Crippen molar-refractivity contribution in [3.63, 3.8) is 0 Å². The Morgan fingerprint density at radius 2 is 1.65 bits per heavy atom. The third kappa shape index (κ3) is 10.7. The number of carbonyl (C=O) groups excluding carboxylic acids is 2. The van der Waals surface area contributed by atoms with Gasteiger partial charge in [0.15, 0.2) is 6.17 Å². The molecule has 0 saturated heterocycles. The van der Waals surface area contributed by atoms with E-state index in [9.17, 15) is 14.0 Å². The first-order valence-electron chi connectivity index (χ1n) is 12.0. The number of urea groups is 1. The van der Waals surface area contributed by atoms with Crippen molar-refractivity contribution in [2.24, 2.45) is 0 Å². The van der Waals surface area contributed by atoms with Crippen LogP contribution >= 0.6 is 0 Å². The maximum absolute atomic E-state index is 14.1. The molecule has 2 atom stereocenters. The van der Waals surface area contributed by atoms with Crippen molar-refractivity contribution in [1.29, 1.82) is 0 Å². The number of hydrogen-bond acceptors (Lipinski definition) is 3. The summed E-state index contributed by atoms with van der Waals surface area (Å²) in [7, 11) is 0. The zero-order chi connectivity index (χ0) is 22.3. The van der Waals surface area contributed by atoms with Gasteiger partial charge in [0.2, 0.25) is 0 Å². The van der Waals surface area contributed by atoms with Gasteiger partial charge in [0.05, 0.1) is 0 Å². The van der Waals surface area contributed by atoms with Crippen molar-refractivity contribution in [3.05, 3.63) is 35.9 Å². The molecule has 1 aromatic rings. The van der Waals surface area contributed by atoms with E-state index in [1.165, 1.54) is 32.1 Å². The van der Waals surface area contributed by atoms with Gasteiger partial charge in [-0.15, -0.1) is 0 Å². The first-order chi connectivity index (χ1) is 15.1. The number of carbonyl (C=O) groups is 2. The lowest BCUT2D eigenvalue weighted by molar-refractivity contribution is -0.155. The van der Waals surface area contributed by atoms with Crippen molar-refractivity contribution in [2.75, 3.05) is 6.54 Å². The normalized spacial score (nSPS) is 17.1. The summed E-state index contributed by atoms with van der Waals surface area (Å²) in [6, 6.07) is 9.55. The highest BCUT2D eigenvalue weighted by atomic mass is 19.1. The van der Waals surface area contributed by atoms with Gasteiger partial charge in [0.25, 0.3) is 0 Å². The molecule has 1 aromatic carbocycles. The van der Waals surface area contributed by atoms with E-state index in [2.05, 4.69) is 10.6 Å². The van der Waals surface area contributed by atoms with E-state index in [0.29, 0.717) is 19.0 Å². The van der Waals surface area contributed by atoms with Crippen LogP contribution in [0.4, 0.5) is 9.18 Å². The van der Waals surface area contributed by atoms with Gasteiger partial charge in [0.1, 0.15) is 6.10 Å². The molecule has 0 aliphatic heterocycles. The fourth-order valence-electron chi connectivity index (χ4n) is 4.00. The van der Waals surface area contributed by atoms with Gasteiger partial charge in [-0.05, 0) is 44.6 Å². The maximum atomic E-state index is 14.1. The van der Waals surface area contributed by atoms with Crippen molar-refractivity contribution in [1.82, 2.24) is 10.6 Å². The Morgan fingerprint density at radius 3 is 2.35 bits per heavy atom. The van der Waals surface area contributed by atoms with Crippen LogP contribution in [0.25, 0.3) is 0 Å². The fraction of sp³-hybridized carbons (Fsp3) is 0.680. The molecule has 5 nitrogen and oxygen atoms in total. The number of unbranched alkanes of at least 4 members (excludes halogenated alkanes) is 3. The third-order valence-corrected chi connectivity index (χ3v) is 5.93. The van der Waals surface area contributed by atoms with Crippen LogP contribution in [0.1, 0.15) is 95.6 Å². The summed E-state index contributed by atoms with van der Waals surface area (Å²) in [4.78, 5) is 24.0. The van der Waals surface area contributed by atoms with Gasteiger partial charge in [-0.3, -0.25) is 0 Å². The van der Waals surface area contributed by atoms with Crippen LogP contribution in [0.5, 0.6) is 0 Å². The summed E-state index contributed by atoms with van der Waals surface area (Å²) in [6.45, 7) is 2.37. The van der Waals surface area contributed by atoms with Crippen molar-refractivity contribution in [2.45, 2.75) is 102 Å². The molecule has 31 heavy (non-hydrogen) atoms. The number of nitrogens with one attached hydrogen (secondary N) is 2. The minimum atomic E-state index is -1.58. The van der Waals surface area contributed by atoms with E-state index >= 15 is 0 Å². The van der Waals surface area contributed by atoms with Crippen LogP contribution in [0, 0.1) is 0 Å². The molecule has 0 bridgehead atoms. The van der Waals surface area contributed by atoms with E-state index in [1.807, 2.05) is 30.3 Å². The molecule has 0 radical (unpaired) electrons. The smallest absolute Gasteiger partial charge is 0.341 e. The number of alkyl halides is 1. The molecule has 2 rings (SSSR count). The Hall–Kier alpha value is -2.11. The average molecular weight is 435 g/mol. The predicted molar refractivity (Wildman–Crippen MR) is 122 cm³/mol. The quantitative estimate of drug-likeness (QED) is 0.332. The average Bonchev–Trinajstić information content (AvgIpc) is 2.75.